The average molecular weight is 599 g/mol. The normalized spacial score (nSPS) is 14.0. The van der Waals surface area contributed by atoms with E-state index in [4.69, 9.17) is 0 Å². The molecule has 0 atom stereocenters. The van der Waals surface area contributed by atoms with Crippen LogP contribution in [0.4, 0.5) is 30.6 Å². The Morgan fingerprint density at radius 3 is 2.41 bits per heavy atom. The molecule has 1 aliphatic heterocycles. The number of alkyl halides is 3. The second-order valence-electron chi connectivity index (χ2n) is 10.6. The van der Waals surface area contributed by atoms with Crippen molar-refractivity contribution >= 4 is 23.4 Å². The number of hydrogen-bond acceptors (Lipinski definition) is 7. The highest BCUT2D eigenvalue weighted by atomic mass is 19.4. The molecular weight excluding hydrogens is 569 g/mol. The number of carbonyl (C=O) groups is 1. The summed E-state index contributed by atoms with van der Waals surface area (Å²) in [6.45, 7) is 3.10. The van der Waals surface area contributed by atoms with Gasteiger partial charge in [-0.25, -0.2) is 15.0 Å². The van der Waals surface area contributed by atoms with Crippen LogP contribution in [0.15, 0.2) is 85.2 Å². The third-order valence-corrected chi connectivity index (χ3v) is 7.38. The summed E-state index contributed by atoms with van der Waals surface area (Å²) in [5.41, 5.74) is 3.63. The van der Waals surface area contributed by atoms with Crippen molar-refractivity contribution in [1.82, 2.24) is 30.0 Å². The molecule has 0 saturated carbocycles. The number of aromatic nitrogens is 5. The number of amides is 1. The van der Waals surface area contributed by atoms with Crippen LogP contribution < -0.4 is 10.6 Å². The summed E-state index contributed by atoms with van der Waals surface area (Å²) in [6.07, 6.45) is -0.106. The quantitative estimate of drug-likeness (QED) is 0.191. The van der Waals surface area contributed by atoms with Crippen molar-refractivity contribution in [3.63, 3.8) is 0 Å². The fourth-order valence-electron chi connectivity index (χ4n) is 5.11. The predicted molar refractivity (Wildman–Crippen MR) is 161 cm³/mol. The van der Waals surface area contributed by atoms with E-state index in [2.05, 4.69) is 35.8 Å². The van der Waals surface area contributed by atoms with Gasteiger partial charge in [0.15, 0.2) is 0 Å². The number of carbonyl (C=O) groups excluding carboxylic acids is 1. The number of aryl methyl sites for hydroxylation is 1. The van der Waals surface area contributed by atoms with Gasteiger partial charge in [0.1, 0.15) is 23.1 Å². The summed E-state index contributed by atoms with van der Waals surface area (Å²) in [6, 6.07) is 20.9. The monoisotopic (exact) mass is 598 g/mol. The van der Waals surface area contributed by atoms with Crippen LogP contribution in [0.2, 0.25) is 0 Å². The standard InChI is InChI=1S/C32H29F3N8O/c1-20-15-25(39-30(16-20)40-29-17-23(9-12-36-29)32(33,34)35)22-7-8-28(37-19-22)38-24-10-13-43(14-11-24)31(44)27-18-26(41-42-27)21-5-3-2-4-6-21/h2-9,12,15-19,24H,10-11,13-14H2,1H3,(H,37,38)(H,41,42)(H,36,39,40). The minimum absolute atomic E-state index is 0.0517. The van der Waals surface area contributed by atoms with Crippen LogP contribution in [0, 0.1) is 6.92 Å². The fourth-order valence-corrected chi connectivity index (χ4v) is 5.11. The largest absolute Gasteiger partial charge is 0.416 e. The highest BCUT2D eigenvalue weighted by Crippen LogP contribution is 2.31. The number of pyridine rings is 3. The van der Waals surface area contributed by atoms with Crippen molar-refractivity contribution in [2.45, 2.75) is 32.0 Å². The molecule has 224 valence electrons. The molecule has 5 aromatic rings. The van der Waals surface area contributed by atoms with Gasteiger partial charge in [0, 0.05) is 42.7 Å². The second-order valence-corrected chi connectivity index (χ2v) is 10.6. The van der Waals surface area contributed by atoms with E-state index in [1.807, 2.05) is 60.4 Å². The van der Waals surface area contributed by atoms with E-state index >= 15 is 0 Å². The first-order valence-electron chi connectivity index (χ1n) is 14.1. The molecule has 1 saturated heterocycles. The van der Waals surface area contributed by atoms with Gasteiger partial charge in [-0.15, -0.1) is 0 Å². The Labute approximate surface area is 251 Å². The molecule has 6 rings (SSSR count). The van der Waals surface area contributed by atoms with Crippen LogP contribution in [0.5, 0.6) is 0 Å². The number of hydrogen-bond donors (Lipinski definition) is 3. The Morgan fingerprint density at radius 1 is 0.886 bits per heavy atom. The molecule has 12 heteroatoms. The molecule has 1 aromatic carbocycles. The number of aromatic amines is 1. The number of piperidine rings is 1. The fraction of sp³-hybridized carbons (Fsp3) is 0.219. The SMILES string of the molecule is Cc1cc(Nc2cc(C(F)(F)F)ccn2)nc(-c2ccc(NC3CCN(C(=O)c4cc(-c5ccccc5)n[nH]4)CC3)nc2)c1. The molecule has 5 heterocycles. The van der Waals surface area contributed by atoms with Gasteiger partial charge in [-0.2, -0.15) is 18.3 Å². The second kappa shape index (κ2) is 12.2. The van der Waals surface area contributed by atoms with Crippen LogP contribution in [-0.2, 0) is 6.18 Å². The Balaban J connectivity index is 1.05. The van der Waals surface area contributed by atoms with E-state index in [1.54, 1.807) is 18.3 Å². The molecule has 0 bridgehead atoms. The van der Waals surface area contributed by atoms with Gasteiger partial charge in [-0.3, -0.25) is 9.89 Å². The first kappa shape index (κ1) is 28.8. The molecular formula is C32H29F3N8O. The minimum atomic E-state index is -4.46. The van der Waals surface area contributed by atoms with E-state index in [1.165, 1.54) is 0 Å². The van der Waals surface area contributed by atoms with Gasteiger partial charge < -0.3 is 15.5 Å². The average Bonchev–Trinajstić information content (AvgIpc) is 3.52. The smallest absolute Gasteiger partial charge is 0.367 e. The van der Waals surface area contributed by atoms with Gasteiger partial charge in [0.05, 0.1) is 17.0 Å². The molecule has 0 spiro atoms. The lowest BCUT2D eigenvalue weighted by molar-refractivity contribution is -0.137. The van der Waals surface area contributed by atoms with E-state index in [-0.39, 0.29) is 17.8 Å². The van der Waals surface area contributed by atoms with Crippen molar-refractivity contribution in [2.24, 2.45) is 0 Å². The van der Waals surface area contributed by atoms with E-state index in [0.717, 1.165) is 53.6 Å². The maximum atomic E-state index is 13.1. The lowest BCUT2D eigenvalue weighted by atomic mass is 10.0. The first-order valence-corrected chi connectivity index (χ1v) is 14.1. The zero-order valence-electron chi connectivity index (χ0n) is 23.8. The summed E-state index contributed by atoms with van der Waals surface area (Å²) >= 11 is 0. The summed E-state index contributed by atoms with van der Waals surface area (Å²) in [4.78, 5) is 28.0. The van der Waals surface area contributed by atoms with Crippen LogP contribution in [0.25, 0.3) is 22.5 Å². The number of likely N-dealkylation sites (tertiary alicyclic amines) is 1. The van der Waals surface area contributed by atoms with Crippen LogP contribution in [0.3, 0.4) is 0 Å². The molecule has 9 nitrogen and oxygen atoms in total. The Morgan fingerprint density at radius 2 is 1.68 bits per heavy atom. The number of nitrogens with zero attached hydrogens (tertiary/aromatic N) is 5. The Kier molecular flexibility index (Phi) is 7.97. The molecule has 1 amide bonds. The third-order valence-electron chi connectivity index (χ3n) is 7.38. The number of benzene rings is 1. The topological polar surface area (TPSA) is 112 Å². The maximum absolute atomic E-state index is 13.1. The molecule has 1 aliphatic rings. The molecule has 0 radical (unpaired) electrons. The van der Waals surface area contributed by atoms with Crippen molar-refractivity contribution in [1.29, 1.82) is 0 Å². The van der Waals surface area contributed by atoms with E-state index < -0.39 is 11.7 Å². The molecule has 44 heavy (non-hydrogen) atoms. The zero-order chi connectivity index (χ0) is 30.7. The van der Waals surface area contributed by atoms with Crippen LogP contribution >= 0.6 is 0 Å². The number of rotatable bonds is 7. The third kappa shape index (κ3) is 6.69. The number of nitrogens with one attached hydrogen (secondary N) is 3. The van der Waals surface area contributed by atoms with Gasteiger partial charge in [0.25, 0.3) is 5.91 Å². The van der Waals surface area contributed by atoms with Gasteiger partial charge in [-0.05, 0) is 67.8 Å². The predicted octanol–water partition coefficient (Wildman–Crippen LogP) is 6.72. The van der Waals surface area contributed by atoms with Crippen LogP contribution in [0.1, 0.15) is 34.5 Å². The summed E-state index contributed by atoms with van der Waals surface area (Å²) in [7, 11) is 0. The lowest BCUT2D eigenvalue weighted by Gasteiger charge is -2.32. The van der Waals surface area contributed by atoms with Gasteiger partial charge in [-0.1, -0.05) is 30.3 Å². The Bertz CT molecular complexity index is 1750. The first-order chi connectivity index (χ1) is 21.2. The molecule has 0 aliphatic carbocycles. The van der Waals surface area contributed by atoms with Crippen molar-refractivity contribution in [3.8, 4) is 22.5 Å². The number of halogens is 3. The lowest BCUT2D eigenvalue weighted by Crippen LogP contribution is -2.42. The van der Waals surface area contributed by atoms with Gasteiger partial charge in [0.2, 0.25) is 0 Å². The number of H-pyrrole nitrogens is 1. The van der Waals surface area contributed by atoms with E-state index in [0.29, 0.717) is 36.1 Å². The molecule has 3 N–H and O–H groups in total. The minimum Gasteiger partial charge on any atom is -0.367 e. The Hall–Kier alpha value is -5.26. The molecule has 1 fully saturated rings. The zero-order valence-corrected chi connectivity index (χ0v) is 23.8. The maximum Gasteiger partial charge on any atom is 0.416 e. The van der Waals surface area contributed by atoms with Gasteiger partial charge >= 0.3 is 6.18 Å². The molecule has 4 aromatic heterocycles. The number of anilines is 3. The summed E-state index contributed by atoms with van der Waals surface area (Å²) in [5, 5.41) is 13.5. The van der Waals surface area contributed by atoms with Crippen LogP contribution in [-0.4, -0.2) is 55.1 Å². The van der Waals surface area contributed by atoms with Crippen molar-refractivity contribution < 1.29 is 18.0 Å². The summed E-state index contributed by atoms with van der Waals surface area (Å²) < 4.78 is 39.3. The molecule has 0 unspecified atom stereocenters. The van der Waals surface area contributed by atoms with E-state index in [9.17, 15) is 18.0 Å². The van der Waals surface area contributed by atoms with Crippen molar-refractivity contribution in [3.05, 3.63) is 102 Å². The van der Waals surface area contributed by atoms with Crippen molar-refractivity contribution in [2.75, 3.05) is 23.7 Å². The highest BCUT2D eigenvalue weighted by molar-refractivity contribution is 5.93. The highest BCUT2D eigenvalue weighted by Gasteiger charge is 2.31. The summed E-state index contributed by atoms with van der Waals surface area (Å²) in [5.74, 6) is 1.07.